The standard InChI is InChI=1S/C58H107NO10/c1-3-5-7-9-11-13-14-15-19-23-26-30-34-38-42-46-54(63)67-47-43-39-35-31-27-24-21-18-16-17-20-22-25-29-33-37-41-45-53(62)59-50(51(61)44-40-36-32-28-12-10-8-6-4-2)49-68-58-57(66)56(65)55(64)52(48-60)69-58/h15-16,18-19,40,44,50-52,55-58,60-61,64-66H,3-14,17,20-39,41-43,45-49H2,1-2H3,(H,59,62)/b18-16-,19-15-,44-40+. The van der Waals surface area contributed by atoms with Gasteiger partial charge >= 0.3 is 5.97 Å². The Kier molecular flexibility index (Phi) is 45.3. The zero-order chi connectivity index (χ0) is 50.3. The Morgan fingerprint density at radius 3 is 1.39 bits per heavy atom. The summed E-state index contributed by atoms with van der Waals surface area (Å²) in [5.41, 5.74) is 0. The average molecular weight is 978 g/mol. The number of aliphatic hydroxyl groups is 5. The summed E-state index contributed by atoms with van der Waals surface area (Å²) in [4.78, 5) is 25.0. The van der Waals surface area contributed by atoms with Crippen molar-refractivity contribution in [3.63, 3.8) is 0 Å². The summed E-state index contributed by atoms with van der Waals surface area (Å²) in [6, 6.07) is -0.818. The quantitative estimate of drug-likeness (QED) is 0.0196. The largest absolute Gasteiger partial charge is 0.466 e. The van der Waals surface area contributed by atoms with Crippen LogP contribution in [0.4, 0.5) is 0 Å². The first-order valence-electron chi connectivity index (χ1n) is 28.8. The fraction of sp³-hybridized carbons (Fsp3) is 0.862. The lowest BCUT2D eigenvalue weighted by Crippen LogP contribution is -2.60. The number of unbranched alkanes of at least 4 members (excludes halogenated alkanes) is 31. The van der Waals surface area contributed by atoms with Gasteiger partial charge in [0.25, 0.3) is 0 Å². The topological polar surface area (TPSA) is 175 Å². The van der Waals surface area contributed by atoms with Crippen LogP contribution in [0, 0.1) is 0 Å². The Bertz CT molecular complexity index is 1240. The minimum absolute atomic E-state index is 0.0271. The summed E-state index contributed by atoms with van der Waals surface area (Å²) in [5, 5.41) is 54.1. The molecule has 0 bridgehead atoms. The van der Waals surface area contributed by atoms with Crippen molar-refractivity contribution in [1.29, 1.82) is 0 Å². The summed E-state index contributed by atoms with van der Waals surface area (Å²) < 4.78 is 16.7. The molecular weight excluding hydrogens is 871 g/mol. The second kappa shape index (κ2) is 48.2. The number of allylic oxidation sites excluding steroid dienone is 5. The van der Waals surface area contributed by atoms with E-state index in [1.54, 1.807) is 6.08 Å². The van der Waals surface area contributed by atoms with Crippen LogP contribution in [0.2, 0.25) is 0 Å². The van der Waals surface area contributed by atoms with Crippen molar-refractivity contribution < 1.29 is 49.3 Å². The molecule has 1 heterocycles. The van der Waals surface area contributed by atoms with Crippen molar-refractivity contribution in [2.45, 2.75) is 301 Å². The summed E-state index contributed by atoms with van der Waals surface area (Å²) in [7, 11) is 0. The van der Waals surface area contributed by atoms with Crippen molar-refractivity contribution in [2.24, 2.45) is 0 Å². The van der Waals surface area contributed by atoms with E-state index in [4.69, 9.17) is 14.2 Å². The highest BCUT2D eigenvalue weighted by Gasteiger charge is 2.44. The molecule has 404 valence electrons. The molecule has 69 heavy (non-hydrogen) atoms. The van der Waals surface area contributed by atoms with Gasteiger partial charge in [-0.1, -0.05) is 198 Å². The van der Waals surface area contributed by atoms with E-state index in [1.807, 2.05) is 6.08 Å². The van der Waals surface area contributed by atoms with Gasteiger partial charge in [-0.25, -0.2) is 0 Å². The second-order valence-electron chi connectivity index (χ2n) is 20.0. The maximum atomic E-state index is 13.0. The number of esters is 1. The number of aliphatic hydroxyl groups excluding tert-OH is 5. The lowest BCUT2D eigenvalue weighted by Gasteiger charge is -2.40. The van der Waals surface area contributed by atoms with Gasteiger partial charge in [0.05, 0.1) is 32.0 Å². The van der Waals surface area contributed by atoms with Crippen LogP contribution in [0.3, 0.4) is 0 Å². The van der Waals surface area contributed by atoms with Crippen molar-refractivity contribution in [3.05, 3.63) is 36.5 Å². The van der Waals surface area contributed by atoms with Crippen molar-refractivity contribution in [3.8, 4) is 0 Å². The fourth-order valence-electron chi connectivity index (χ4n) is 8.83. The SMILES string of the molecule is CCCCCCCC/C=C\CCCCCCCC(=O)OCCCCCCCC/C=C\CCCCCCCCCC(=O)NC(COC1OC(CO)C(O)C(O)C1O)C(O)/C=C/CCCCCCCCC. The monoisotopic (exact) mass is 978 g/mol. The molecule has 1 aliphatic rings. The fourth-order valence-corrected chi connectivity index (χ4v) is 8.83. The minimum Gasteiger partial charge on any atom is -0.466 e. The predicted molar refractivity (Wildman–Crippen MR) is 283 cm³/mol. The van der Waals surface area contributed by atoms with Crippen LogP contribution in [0.5, 0.6) is 0 Å². The van der Waals surface area contributed by atoms with Gasteiger partial charge in [-0.15, -0.1) is 0 Å². The molecule has 0 aromatic carbocycles. The number of hydrogen-bond donors (Lipinski definition) is 6. The lowest BCUT2D eigenvalue weighted by molar-refractivity contribution is -0.302. The summed E-state index contributed by atoms with van der Waals surface area (Å²) in [6.07, 6.45) is 48.1. The molecule has 6 N–H and O–H groups in total. The molecule has 1 amide bonds. The van der Waals surface area contributed by atoms with E-state index in [9.17, 15) is 35.1 Å². The molecule has 0 aromatic heterocycles. The molecule has 0 radical (unpaired) electrons. The highest BCUT2D eigenvalue weighted by molar-refractivity contribution is 5.76. The molecule has 11 heteroatoms. The lowest BCUT2D eigenvalue weighted by atomic mass is 9.99. The Labute approximate surface area is 422 Å². The van der Waals surface area contributed by atoms with Gasteiger partial charge in [0.1, 0.15) is 24.4 Å². The van der Waals surface area contributed by atoms with Crippen molar-refractivity contribution >= 4 is 11.9 Å². The second-order valence-corrected chi connectivity index (χ2v) is 20.0. The normalized spacial score (nSPS) is 19.6. The third-order valence-corrected chi connectivity index (χ3v) is 13.5. The van der Waals surface area contributed by atoms with Crippen LogP contribution in [0.25, 0.3) is 0 Å². The number of carbonyl (C=O) groups excluding carboxylic acids is 2. The first-order chi connectivity index (χ1) is 33.7. The summed E-state index contributed by atoms with van der Waals surface area (Å²) in [5.74, 6) is -0.224. The van der Waals surface area contributed by atoms with Gasteiger partial charge in [0, 0.05) is 12.8 Å². The Hall–Kier alpha value is -2.12. The maximum absolute atomic E-state index is 13.0. The summed E-state index contributed by atoms with van der Waals surface area (Å²) in [6.45, 7) is 4.27. The first-order valence-corrected chi connectivity index (χ1v) is 28.8. The van der Waals surface area contributed by atoms with Gasteiger partial charge in [0.15, 0.2) is 6.29 Å². The molecule has 7 unspecified atom stereocenters. The zero-order valence-electron chi connectivity index (χ0n) is 44.3. The minimum atomic E-state index is -1.57. The molecule has 0 aliphatic carbocycles. The molecule has 0 spiro atoms. The first kappa shape index (κ1) is 64.9. The van der Waals surface area contributed by atoms with Gasteiger partial charge in [0.2, 0.25) is 5.91 Å². The maximum Gasteiger partial charge on any atom is 0.305 e. The zero-order valence-corrected chi connectivity index (χ0v) is 44.3. The Morgan fingerprint density at radius 1 is 0.522 bits per heavy atom. The van der Waals surface area contributed by atoms with E-state index in [0.29, 0.717) is 19.4 Å². The average Bonchev–Trinajstić information content (AvgIpc) is 3.34. The predicted octanol–water partition coefficient (Wildman–Crippen LogP) is 12.7. The van der Waals surface area contributed by atoms with Crippen molar-refractivity contribution in [1.82, 2.24) is 5.32 Å². The van der Waals surface area contributed by atoms with E-state index >= 15 is 0 Å². The highest BCUT2D eigenvalue weighted by Crippen LogP contribution is 2.23. The Morgan fingerprint density at radius 2 is 0.928 bits per heavy atom. The van der Waals surface area contributed by atoms with Crippen LogP contribution >= 0.6 is 0 Å². The molecular formula is C58H107NO10. The molecule has 1 aliphatic heterocycles. The molecule has 1 saturated heterocycles. The highest BCUT2D eigenvalue weighted by atomic mass is 16.7. The third kappa shape index (κ3) is 38.2. The van der Waals surface area contributed by atoms with Crippen LogP contribution in [0.1, 0.15) is 258 Å². The van der Waals surface area contributed by atoms with E-state index < -0.39 is 49.5 Å². The smallest absolute Gasteiger partial charge is 0.305 e. The van der Waals surface area contributed by atoms with E-state index in [-0.39, 0.29) is 18.5 Å². The molecule has 1 rings (SSSR count). The van der Waals surface area contributed by atoms with Gasteiger partial charge in [-0.2, -0.15) is 0 Å². The number of hydrogen-bond acceptors (Lipinski definition) is 10. The number of rotatable bonds is 49. The van der Waals surface area contributed by atoms with E-state index in [0.717, 1.165) is 83.5 Å². The van der Waals surface area contributed by atoms with Gasteiger partial charge in [-0.3, -0.25) is 9.59 Å². The number of nitrogens with one attached hydrogen (secondary N) is 1. The van der Waals surface area contributed by atoms with Crippen LogP contribution in [-0.2, 0) is 23.8 Å². The Balaban J connectivity index is 2.06. The third-order valence-electron chi connectivity index (χ3n) is 13.5. The molecule has 7 atom stereocenters. The van der Waals surface area contributed by atoms with Crippen LogP contribution in [0.15, 0.2) is 36.5 Å². The number of amides is 1. The summed E-state index contributed by atoms with van der Waals surface area (Å²) >= 11 is 0. The number of ether oxygens (including phenoxy) is 3. The van der Waals surface area contributed by atoms with Crippen molar-refractivity contribution in [2.75, 3.05) is 19.8 Å². The van der Waals surface area contributed by atoms with Gasteiger partial charge in [-0.05, 0) is 83.5 Å². The molecule has 0 saturated carbocycles. The van der Waals surface area contributed by atoms with Crippen LogP contribution < -0.4 is 5.32 Å². The van der Waals surface area contributed by atoms with E-state index in [2.05, 4.69) is 43.5 Å². The molecule has 11 nitrogen and oxygen atoms in total. The van der Waals surface area contributed by atoms with Crippen LogP contribution in [-0.4, -0.2) is 100 Å². The molecule has 0 aromatic rings. The molecule has 1 fully saturated rings. The number of carbonyl (C=O) groups is 2. The van der Waals surface area contributed by atoms with E-state index in [1.165, 1.54) is 148 Å². The van der Waals surface area contributed by atoms with Gasteiger partial charge < -0.3 is 45.1 Å².